The molecule has 1 unspecified atom stereocenters. The third kappa shape index (κ3) is 5.39. The summed E-state index contributed by atoms with van der Waals surface area (Å²) in [5.41, 5.74) is 2.03. The number of carboxylic acids is 1. The number of thioether (sulfide) groups is 1. The molecule has 0 bridgehead atoms. The fourth-order valence-electron chi connectivity index (χ4n) is 1.51. The first kappa shape index (κ1) is 15.6. The van der Waals surface area contributed by atoms with Crippen molar-refractivity contribution in [2.45, 2.75) is 31.3 Å². The van der Waals surface area contributed by atoms with Crippen molar-refractivity contribution in [3.63, 3.8) is 0 Å². The molecular formula is C15H20O3S. The second kappa shape index (κ2) is 7.89. The zero-order chi connectivity index (χ0) is 14.3. The highest BCUT2D eigenvalue weighted by Gasteiger charge is 2.06. The molecule has 0 aliphatic carbocycles. The minimum absolute atomic E-state index is 0.586. The predicted molar refractivity (Wildman–Crippen MR) is 80.7 cm³/mol. The van der Waals surface area contributed by atoms with E-state index < -0.39 is 5.97 Å². The normalized spacial score (nSPS) is 12.6. The Balaban J connectivity index is 2.92. The Morgan fingerprint density at radius 3 is 2.84 bits per heavy atom. The Labute approximate surface area is 118 Å². The molecule has 1 rings (SSSR count). The lowest BCUT2D eigenvalue weighted by Crippen LogP contribution is -1.96. The molecule has 0 fully saturated rings. The molecular weight excluding hydrogens is 260 g/mol. The first-order valence-electron chi connectivity index (χ1n) is 6.26. The number of ether oxygens (including phenoxy) is 1. The Morgan fingerprint density at radius 1 is 1.53 bits per heavy atom. The number of aliphatic carboxylic acids is 1. The molecule has 4 heteroatoms. The maximum atomic E-state index is 10.6. The molecule has 1 N–H and O–H groups in total. The zero-order valence-electron chi connectivity index (χ0n) is 11.6. The summed E-state index contributed by atoms with van der Waals surface area (Å²) in [6.45, 7) is 4.35. The monoisotopic (exact) mass is 280 g/mol. The van der Waals surface area contributed by atoms with Gasteiger partial charge in [-0.3, -0.25) is 0 Å². The van der Waals surface area contributed by atoms with Crippen LogP contribution in [0.5, 0.6) is 5.75 Å². The smallest absolute Gasteiger partial charge is 0.328 e. The summed E-state index contributed by atoms with van der Waals surface area (Å²) in [6, 6.07) is 5.71. The van der Waals surface area contributed by atoms with Crippen LogP contribution in [0, 0.1) is 0 Å². The number of rotatable bonds is 7. The summed E-state index contributed by atoms with van der Waals surface area (Å²) in [5.74, 6) is 0.717. The lowest BCUT2D eigenvalue weighted by Gasteiger charge is -2.11. The highest BCUT2D eigenvalue weighted by Crippen LogP contribution is 2.26. The van der Waals surface area contributed by atoms with E-state index in [1.54, 1.807) is 13.2 Å². The van der Waals surface area contributed by atoms with Crippen LogP contribution in [0.15, 0.2) is 24.3 Å². The number of carbonyl (C=O) groups is 1. The molecule has 1 aromatic carbocycles. The number of methoxy groups -OCH3 is 1. The van der Waals surface area contributed by atoms with Crippen molar-refractivity contribution in [1.82, 2.24) is 0 Å². The third-order valence-electron chi connectivity index (χ3n) is 2.85. The van der Waals surface area contributed by atoms with E-state index in [0.29, 0.717) is 5.25 Å². The topological polar surface area (TPSA) is 46.5 Å². The van der Waals surface area contributed by atoms with E-state index in [1.807, 2.05) is 30.0 Å². The largest absolute Gasteiger partial charge is 0.497 e. The average Bonchev–Trinajstić information content (AvgIpc) is 2.42. The van der Waals surface area contributed by atoms with Gasteiger partial charge in [-0.2, -0.15) is 11.8 Å². The lowest BCUT2D eigenvalue weighted by molar-refractivity contribution is -0.131. The summed E-state index contributed by atoms with van der Waals surface area (Å²) in [7, 11) is 1.63. The highest BCUT2D eigenvalue weighted by molar-refractivity contribution is 7.99. The van der Waals surface area contributed by atoms with E-state index in [4.69, 9.17) is 9.84 Å². The van der Waals surface area contributed by atoms with Gasteiger partial charge < -0.3 is 9.84 Å². The quantitative estimate of drug-likeness (QED) is 0.771. The van der Waals surface area contributed by atoms with Crippen molar-refractivity contribution >= 4 is 23.8 Å². The second-order valence-electron chi connectivity index (χ2n) is 4.27. The van der Waals surface area contributed by atoms with E-state index in [1.165, 1.54) is 6.08 Å². The van der Waals surface area contributed by atoms with Gasteiger partial charge in [-0.05, 0) is 35.8 Å². The summed E-state index contributed by atoms with van der Waals surface area (Å²) in [6.07, 6.45) is 3.92. The van der Waals surface area contributed by atoms with Crippen LogP contribution in [-0.4, -0.2) is 23.4 Å². The van der Waals surface area contributed by atoms with Gasteiger partial charge in [0.05, 0.1) is 7.11 Å². The van der Waals surface area contributed by atoms with Gasteiger partial charge in [0.2, 0.25) is 0 Å². The molecule has 0 amide bonds. The van der Waals surface area contributed by atoms with E-state index >= 15 is 0 Å². The zero-order valence-corrected chi connectivity index (χ0v) is 12.4. The van der Waals surface area contributed by atoms with Gasteiger partial charge in [-0.1, -0.05) is 19.9 Å². The minimum Gasteiger partial charge on any atom is -0.497 e. The molecule has 0 heterocycles. The van der Waals surface area contributed by atoms with Gasteiger partial charge in [-0.15, -0.1) is 0 Å². The molecule has 1 atom stereocenters. The van der Waals surface area contributed by atoms with Gasteiger partial charge in [0, 0.05) is 17.1 Å². The molecule has 3 nitrogen and oxygen atoms in total. The maximum Gasteiger partial charge on any atom is 0.328 e. The fraction of sp³-hybridized carbons (Fsp3) is 0.400. The molecule has 0 saturated carbocycles. The molecule has 104 valence electrons. The van der Waals surface area contributed by atoms with Crippen LogP contribution in [-0.2, 0) is 10.5 Å². The molecule has 0 spiro atoms. The molecule has 0 saturated heterocycles. The van der Waals surface area contributed by atoms with Crippen LogP contribution in [0.1, 0.15) is 31.4 Å². The fourth-order valence-corrected chi connectivity index (χ4v) is 2.46. The standard InChI is InChI=1S/C15H20O3S/c1-4-11(2)19-10-13-9-14(18-3)7-5-12(13)6-8-15(16)17/h5-9,11H,4,10H2,1-3H3,(H,16,17). The van der Waals surface area contributed by atoms with Gasteiger partial charge in [0.15, 0.2) is 0 Å². The van der Waals surface area contributed by atoms with Gasteiger partial charge in [0.1, 0.15) is 5.75 Å². The number of hydrogen-bond donors (Lipinski definition) is 1. The Hall–Kier alpha value is -1.42. The summed E-state index contributed by atoms with van der Waals surface area (Å²) in [5, 5.41) is 9.29. The molecule has 0 aliphatic rings. The van der Waals surface area contributed by atoms with Crippen molar-refractivity contribution in [3.05, 3.63) is 35.4 Å². The van der Waals surface area contributed by atoms with Crippen molar-refractivity contribution in [2.75, 3.05) is 7.11 Å². The molecule has 19 heavy (non-hydrogen) atoms. The van der Waals surface area contributed by atoms with Crippen molar-refractivity contribution < 1.29 is 14.6 Å². The maximum absolute atomic E-state index is 10.6. The molecule has 0 aromatic heterocycles. The summed E-state index contributed by atoms with van der Waals surface area (Å²) < 4.78 is 5.22. The average molecular weight is 280 g/mol. The van der Waals surface area contributed by atoms with Crippen LogP contribution >= 0.6 is 11.8 Å². The number of carboxylic acid groups (broad SMARTS) is 1. The van der Waals surface area contributed by atoms with E-state index in [0.717, 1.165) is 29.1 Å². The lowest BCUT2D eigenvalue weighted by atomic mass is 10.1. The van der Waals surface area contributed by atoms with Gasteiger partial charge in [-0.25, -0.2) is 4.79 Å². The van der Waals surface area contributed by atoms with Crippen LogP contribution < -0.4 is 4.74 Å². The van der Waals surface area contributed by atoms with Crippen LogP contribution in [0.25, 0.3) is 6.08 Å². The van der Waals surface area contributed by atoms with Crippen LogP contribution in [0.3, 0.4) is 0 Å². The summed E-state index contributed by atoms with van der Waals surface area (Å²) >= 11 is 1.86. The number of hydrogen-bond acceptors (Lipinski definition) is 3. The predicted octanol–water partition coefficient (Wildman–Crippen LogP) is 3.82. The minimum atomic E-state index is -0.934. The first-order chi connectivity index (χ1) is 9.06. The molecule has 1 aromatic rings. The molecule has 0 aliphatic heterocycles. The highest BCUT2D eigenvalue weighted by atomic mass is 32.2. The number of benzene rings is 1. The Bertz CT molecular complexity index is 455. The second-order valence-corrected chi connectivity index (χ2v) is 5.69. The van der Waals surface area contributed by atoms with Crippen molar-refractivity contribution in [3.8, 4) is 5.75 Å². The van der Waals surface area contributed by atoms with Gasteiger partial charge >= 0.3 is 5.97 Å². The first-order valence-corrected chi connectivity index (χ1v) is 7.31. The Morgan fingerprint density at radius 2 is 2.26 bits per heavy atom. The van der Waals surface area contributed by atoms with Crippen LogP contribution in [0.2, 0.25) is 0 Å². The van der Waals surface area contributed by atoms with Crippen molar-refractivity contribution in [2.24, 2.45) is 0 Å². The van der Waals surface area contributed by atoms with Crippen LogP contribution in [0.4, 0.5) is 0 Å². The van der Waals surface area contributed by atoms with E-state index in [2.05, 4.69) is 13.8 Å². The SMILES string of the molecule is CCC(C)SCc1cc(OC)ccc1C=CC(=O)O. The van der Waals surface area contributed by atoms with Crippen molar-refractivity contribution in [1.29, 1.82) is 0 Å². The Kier molecular flexibility index (Phi) is 6.50. The van der Waals surface area contributed by atoms with E-state index in [-0.39, 0.29) is 0 Å². The molecule has 0 radical (unpaired) electrons. The van der Waals surface area contributed by atoms with Gasteiger partial charge in [0.25, 0.3) is 0 Å². The van der Waals surface area contributed by atoms with E-state index in [9.17, 15) is 4.79 Å². The third-order valence-corrected chi connectivity index (χ3v) is 4.23. The summed E-state index contributed by atoms with van der Waals surface area (Å²) in [4.78, 5) is 10.6.